The molecule has 0 bridgehead atoms. The number of rotatable bonds is 6. The topological polar surface area (TPSA) is 15.3 Å². The highest BCUT2D eigenvalue weighted by atomic mass is 15.1. The second-order valence-electron chi connectivity index (χ2n) is 5.77. The van der Waals surface area contributed by atoms with Crippen LogP contribution in [0.1, 0.15) is 47.0 Å². The van der Waals surface area contributed by atoms with Gasteiger partial charge in [-0.05, 0) is 57.7 Å². The predicted molar refractivity (Wildman–Crippen MR) is 71.8 cm³/mol. The summed E-state index contributed by atoms with van der Waals surface area (Å²) >= 11 is 0. The fourth-order valence-electron chi connectivity index (χ4n) is 2.69. The molecule has 0 aliphatic carbocycles. The summed E-state index contributed by atoms with van der Waals surface area (Å²) < 4.78 is 0. The Balaban J connectivity index is 2.20. The van der Waals surface area contributed by atoms with Crippen LogP contribution < -0.4 is 5.32 Å². The summed E-state index contributed by atoms with van der Waals surface area (Å²) in [6.45, 7) is 14.3. The van der Waals surface area contributed by atoms with Gasteiger partial charge in [-0.3, -0.25) is 0 Å². The second kappa shape index (κ2) is 7.29. The molecule has 1 aliphatic rings. The van der Waals surface area contributed by atoms with Crippen LogP contribution in [0.15, 0.2) is 0 Å². The van der Waals surface area contributed by atoms with E-state index in [4.69, 9.17) is 0 Å². The Labute approximate surface area is 102 Å². The minimum absolute atomic E-state index is 0.709. The summed E-state index contributed by atoms with van der Waals surface area (Å²) in [5.41, 5.74) is 0. The molecule has 0 radical (unpaired) electrons. The third-order valence-electron chi connectivity index (χ3n) is 3.68. The summed E-state index contributed by atoms with van der Waals surface area (Å²) in [6, 6.07) is 0.709. The van der Waals surface area contributed by atoms with Crippen molar-refractivity contribution in [2.24, 2.45) is 11.8 Å². The maximum Gasteiger partial charge on any atom is 0.00679 e. The van der Waals surface area contributed by atoms with E-state index >= 15 is 0 Å². The van der Waals surface area contributed by atoms with E-state index < -0.39 is 0 Å². The van der Waals surface area contributed by atoms with Crippen molar-refractivity contribution in [1.29, 1.82) is 0 Å². The molecule has 1 heterocycles. The van der Waals surface area contributed by atoms with E-state index in [9.17, 15) is 0 Å². The summed E-state index contributed by atoms with van der Waals surface area (Å²) in [5, 5.41) is 3.64. The summed E-state index contributed by atoms with van der Waals surface area (Å²) in [5.74, 6) is 1.71. The van der Waals surface area contributed by atoms with Crippen LogP contribution in [0.2, 0.25) is 0 Å². The SMILES string of the molecule is CCCNC(C)C1CCN(CC(C)C)CC1. The maximum absolute atomic E-state index is 3.64. The molecule has 0 aromatic carbocycles. The monoisotopic (exact) mass is 226 g/mol. The normalized spacial score (nSPS) is 21.6. The smallest absolute Gasteiger partial charge is 0.00679 e. The molecule has 2 nitrogen and oxygen atoms in total. The first-order chi connectivity index (χ1) is 7.63. The zero-order valence-electron chi connectivity index (χ0n) is 11.6. The van der Waals surface area contributed by atoms with Gasteiger partial charge >= 0.3 is 0 Å². The van der Waals surface area contributed by atoms with E-state index in [1.807, 2.05) is 0 Å². The van der Waals surface area contributed by atoms with Crippen LogP contribution in [-0.2, 0) is 0 Å². The van der Waals surface area contributed by atoms with Gasteiger partial charge in [0.25, 0.3) is 0 Å². The molecule has 1 N–H and O–H groups in total. The Bertz CT molecular complexity index is 172. The molecule has 0 aromatic rings. The molecule has 0 aromatic heterocycles. The van der Waals surface area contributed by atoms with Crippen LogP contribution in [0.4, 0.5) is 0 Å². The average Bonchev–Trinajstić information content (AvgIpc) is 2.26. The molecule has 1 fully saturated rings. The molecule has 0 amide bonds. The molecule has 1 rings (SSSR count). The standard InChI is InChI=1S/C14H30N2/c1-5-8-15-13(4)14-6-9-16(10-7-14)11-12(2)3/h12-15H,5-11H2,1-4H3. The number of hydrogen-bond donors (Lipinski definition) is 1. The number of hydrogen-bond acceptors (Lipinski definition) is 2. The summed E-state index contributed by atoms with van der Waals surface area (Å²) in [4.78, 5) is 2.63. The zero-order valence-corrected chi connectivity index (χ0v) is 11.6. The summed E-state index contributed by atoms with van der Waals surface area (Å²) in [7, 11) is 0. The molecule has 0 spiro atoms. The van der Waals surface area contributed by atoms with E-state index in [-0.39, 0.29) is 0 Å². The Kier molecular flexibility index (Phi) is 6.37. The largest absolute Gasteiger partial charge is 0.314 e. The van der Waals surface area contributed by atoms with Crippen LogP contribution >= 0.6 is 0 Å². The van der Waals surface area contributed by atoms with E-state index in [1.54, 1.807) is 0 Å². The highest BCUT2D eigenvalue weighted by molar-refractivity contribution is 4.79. The minimum Gasteiger partial charge on any atom is -0.314 e. The minimum atomic E-state index is 0.709. The molecule has 0 saturated carbocycles. The van der Waals surface area contributed by atoms with Crippen LogP contribution in [0.5, 0.6) is 0 Å². The van der Waals surface area contributed by atoms with Gasteiger partial charge in [-0.2, -0.15) is 0 Å². The Hall–Kier alpha value is -0.0800. The van der Waals surface area contributed by atoms with Crippen molar-refractivity contribution < 1.29 is 0 Å². The molecular formula is C14H30N2. The van der Waals surface area contributed by atoms with Gasteiger partial charge in [-0.1, -0.05) is 20.8 Å². The van der Waals surface area contributed by atoms with Gasteiger partial charge in [0, 0.05) is 12.6 Å². The molecule has 16 heavy (non-hydrogen) atoms. The van der Waals surface area contributed by atoms with E-state index in [2.05, 4.69) is 37.9 Å². The van der Waals surface area contributed by atoms with Gasteiger partial charge in [0.05, 0.1) is 0 Å². The van der Waals surface area contributed by atoms with Gasteiger partial charge in [0.15, 0.2) is 0 Å². The van der Waals surface area contributed by atoms with Gasteiger partial charge in [0.1, 0.15) is 0 Å². The lowest BCUT2D eigenvalue weighted by Gasteiger charge is -2.36. The first-order valence-corrected chi connectivity index (χ1v) is 7.09. The maximum atomic E-state index is 3.64. The van der Waals surface area contributed by atoms with Crippen molar-refractivity contribution >= 4 is 0 Å². The Morgan fingerprint density at radius 2 is 1.81 bits per heavy atom. The van der Waals surface area contributed by atoms with Crippen molar-refractivity contribution in [2.75, 3.05) is 26.2 Å². The van der Waals surface area contributed by atoms with E-state index in [0.717, 1.165) is 11.8 Å². The fraction of sp³-hybridized carbons (Fsp3) is 1.00. The third kappa shape index (κ3) is 4.84. The Morgan fingerprint density at radius 3 is 2.31 bits per heavy atom. The van der Waals surface area contributed by atoms with Gasteiger partial charge in [-0.15, -0.1) is 0 Å². The lowest BCUT2D eigenvalue weighted by molar-refractivity contribution is 0.149. The fourth-order valence-corrected chi connectivity index (χ4v) is 2.69. The van der Waals surface area contributed by atoms with Gasteiger partial charge in [0.2, 0.25) is 0 Å². The lowest BCUT2D eigenvalue weighted by Crippen LogP contribution is -2.43. The number of nitrogens with zero attached hydrogens (tertiary/aromatic N) is 1. The van der Waals surface area contributed by atoms with Crippen molar-refractivity contribution in [3.8, 4) is 0 Å². The van der Waals surface area contributed by atoms with Crippen molar-refractivity contribution in [1.82, 2.24) is 10.2 Å². The van der Waals surface area contributed by atoms with Crippen molar-refractivity contribution in [3.63, 3.8) is 0 Å². The molecular weight excluding hydrogens is 196 g/mol. The lowest BCUT2D eigenvalue weighted by atomic mass is 9.90. The van der Waals surface area contributed by atoms with Gasteiger partial charge < -0.3 is 10.2 Å². The van der Waals surface area contributed by atoms with Crippen LogP contribution in [-0.4, -0.2) is 37.1 Å². The molecule has 2 heteroatoms. The third-order valence-corrected chi connectivity index (χ3v) is 3.68. The molecule has 1 atom stereocenters. The summed E-state index contributed by atoms with van der Waals surface area (Å²) in [6.07, 6.45) is 4.01. The molecule has 1 saturated heterocycles. The highest BCUT2D eigenvalue weighted by Gasteiger charge is 2.23. The second-order valence-corrected chi connectivity index (χ2v) is 5.77. The Morgan fingerprint density at radius 1 is 1.19 bits per heavy atom. The predicted octanol–water partition coefficient (Wildman–Crippen LogP) is 2.74. The number of likely N-dealkylation sites (tertiary alicyclic amines) is 1. The number of nitrogens with one attached hydrogen (secondary N) is 1. The van der Waals surface area contributed by atoms with Crippen LogP contribution in [0.25, 0.3) is 0 Å². The molecule has 1 aliphatic heterocycles. The first-order valence-electron chi connectivity index (χ1n) is 7.09. The van der Waals surface area contributed by atoms with Crippen LogP contribution in [0, 0.1) is 11.8 Å². The molecule has 96 valence electrons. The highest BCUT2D eigenvalue weighted by Crippen LogP contribution is 2.21. The van der Waals surface area contributed by atoms with E-state index in [1.165, 1.54) is 45.4 Å². The average molecular weight is 226 g/mol. The van der Waals surface area contributed by atoms with Gasteiger partial charge in [-0.25, -0.2) is 0 Å². The zero-order chi connectivity index (χ0) is 12.0. The first kappa shape index (κ1) is 14.0. The van der Waals surface area contributed by atoms with E-state index in [0.29, 0.717) is 6.04 Å². The van der Waals surface area contributed by atoms with Crippen molar-refractivity contribution in [2.45, 2.75) is 53.0 Å². The molecule has 1 unspecified atom stereocenters. The van der Waals surface area contributed by atoms with Crippen molar-refractivity contribution in [3.05, 3.63) is 0 Å². The van der Waals surface area contributed by atoms with Crippen LogP contribution in [0.3, 0.4) is 0 Å². The number of piperidine rings is 1. The quantitative estimate of drug-likeness (QED) is 0.749.